The topological polar surface area (TPSA) is 84.9 Å². The zero-order chi connectivity index (χ0) is 16.8. The molecule has 22 heavy (non-hydrogen) atoms. The van der Waals surface area contributed by atoms with E-state index in [1.54, 1.807) is 0 Å². The average Bonchev–Trinajstić information content (AvgIpc) is 2.50. The Labute approximate surface area is 130 Å². The molecule has 0 aromatic heterocycles. The number of hydrogen-bond donors (Lipinski definition) is 2. The van der Waals surface area contributed by atoms with Crippen molar-refractivity contribution in [2.75, 3.05) is 27.4 Å². The fourth-order valence-electron chi connectivity index (χ4n) is 1.87. The zero-order valence-corrected chi connectivity index (χ0v) is 13.7. The molecule has 126 valence electrons. The highest BCUT2D eigenvalue weighted by Gasteiger charge is 2.22. The maximum atomic E-state index is 14.0. The van der Waals surface area contributed by atoms with Crippen molar-refractivity contribution in [1.29, 1.82) is 0 Å². The van der Waals surface area contributed by atoms with Gasteiger partial charge in [0.1, 0.15) is 10.7 Å². The Morgan fingerprint density at radius 2 is 1.86 bits per heavy atom. The van der Waals surface area contributed by atoms with E-state index in [4.69, 9.17) is 14.6 Å². The largest absolute Gasteiger partial charge is 0.493 e. The van der Waals surface area contributed by atoms with Gasteiger partial charge in [0.15, 0.2) is 11.5 Å². The van der Waals surface area contributed by atoms with Crippen molar-refractivity contribution < 1.29 is 27.4 Å². The average molecular weight is 335 g/mol. The van der Waals surface area contributed by atoms with Crippen LogP contribution in [0.1, 0.15) is 19.8 Å². The van der Waals surface area contributed by atoms with E-state index in [0.29, 0.717) is 12.8 Å². The van der Waals surface area contributed by atoms with Gasteiger partial charge in [0.2, 0.25) is 10.0 Å². The molecule has 0 saturated heterocycles. The molecule has 0 radical (unpaired) electrons. The predicted octanol–water partition coefficient (Wildman–Crippen LogP) is 1.53. The van der Waals surface area contributed by atoms with Gasteiger partial charge in [-0.05, 0) is 18.8 Å². The smallest absolute Gasteiger partial charge is 0.243 e. The normalized spacial score (nSPS) is 13.0. The molecule has 1 aromatic rings. The number of methoxy groups -OCH3 is 2. The van der Waals surface area contributed by atoms with Crippen LogP contribution < -0.4 is 14.2 Å². The summed E-state index contributed by atoms with van der Waals surface area (Å²) in [7, 11) is -1.29. The van der Waals surface area contributed by atoms with Crippen LogP contribution in [0.2, 0.25) is 0 Å². The summed E-state index contributed by atoms with van der Waals surface area (Å²) in [6.45, 7) is 2.08. The molecule has 0 bridgehead atoms. The Kier molecular flexibility index (Phi) is 7.05. The van der Waals surface area contributed by atoms with E-state index < -0.39 is 20.7 Å². The molecule has 1 aromatic carbocycles. The molecular weight excluding hydrogens is 313 g/mol. The van der Waals surface area contributed by atoms with Gasteiger partial charge in [0.05, 0.1) is 14.2 Å². The first-order chi connectivity index (χ1) is 10.4. The predicted molar refractivity (Wildman–Crippen MR) is 80.2 cm³/mol. The molecule has 1 atom stereocenters. The van der Waals surface area contributed by atoms with E-state index in [1.807, 2.05) is 6.92 Å². The third-order valence-electron chi connectivity index (χ3n) is 3.21. The fraction of sp³-hybridized carbons (Fsp3) is 0.571. The van der Waals surface area contributed by atoms with Crippen LogP contribution in [0.4, 0.5) is 4.39 Å². The second-order valence-corrected chi connectivity index (χ2v) is 6.70. The van der Waals surface area contributed by atoms with Crippen molar-refractivity contribution >= 4 is 10.0 Å². The minimum Gasteiger partial charge on any atom is -0.493 e. The summed E-state index contributed by atoms with van der Waals surface area (Å²) in [5.41, 5.74) is 0. The van der Waals surface area contributed by atoms with Crippen molar-refractivity contribution in [1.82, 2.24) is 4.72 Å². The van der Waals surface area contributed by atoms with Gasteiger partial charge < -0.3 is 14.6 Å². The molecule has 0 aliphatic rings. The van der Waals surface area contributed by atoms with Gasteiger partial charge in [0.25, 0.3) is 0 Å². The molecule has 0 spiro atoms. The summed E-state index contributed by atoms with van der Waals surface area (Å²) in [4.78, 5) is -0.486. The van der Waals surface area contributed by atoms with E-state index in [1.165, 1.54) is 14.2 Å². The minimum absolute atomic E-state index is 0.0526. The van der Waals surface area contributed by atoms with Crippen LogP contribution in [0, 0.1) is 11.7 Å². The SMILES string of the molecule is COc1cc(F)c(S(=O)(=O)NCCC[C@@H](C)CO)cc1OC. The Morgan fingerprint density at radius 3 is 2.41 bits per heavy atom. The first-order valence-electron chi connectivity index (χ1n) is 6.87. The first-order valence-corrected chi connectivity index (χ1v) is 8.36. The lowest BCUT2D eigenvalue weighted by molar-refractivity contribution is 0.228. The van der Waals surface area contributed by atoms with Crippen molar-refractivity contribution in [3.05, 3.63) is 17.9 Å². The molecule has 0 fully saturated rings. The molecule has 6 nitrogen and oxygen atoms in total. The second kappa shape index (κ2) is 8.30. The number of halogens is 1. The molecule has 0 amide bonds. The van der Waals surface area contributed by atoms with Gasteiger partial charge in [-0.15, -0.1) is 0 Å². The fourth-order valence-corrected chi connectivity index (χ4v) is 3.01. The summed E-state index contributed by atoms with van der Waals surface area (Å²) < 4.78 is 50.5. The molecule has 1 rings (SSSR count). The maximum absolute atomic E-state index is 14.0. The van der Waals surface area contributed by atoms with Gasteiger partial charge in [-0.3, -0.25) is 0 Å². The number of sulfonamides is 1. The Balaban J connectivity index is 2.84. The van der Waals surface area contributed by atoms with Crippen LogP contribution in [0.3, 0.4) is 0 Å². The Morgan fingerprint density at radius 1 is 1.27 bits per heavy atom. The monoisotopic (exact) mass is 335 g/mol. The number of rotatable bonds is 9. The standard InChI is InChI=1S/C14H22FNO5S/c1-10(9-17)5-4-6-16-22(18,19)14-8-13(21-3)12(20-2)7-11(14)15/h7-8,10,16-17H,4-6,9H2,1-3H3/t10-/m1/s1. The summed E-state index contributed by atoms with van der Waals surface area (Å²) >= 11 is 0. The molecule has 0 heterocycles. The highest BCUT2D eigenvalue weighted by molar-refractivity contribution is 7.89. The summed E-state index contributed by atoms with van der Waals surface area (Å²) in [5, 5.41) is 8.90. The number of ether oxygens (including phenoxy) is 2. The van der Waals surface area contributed by atoms with Crippen molar-refractivity contribution in [3.8, 4) is 11.5 Å². The van der Waals surface area contributed by atoms with Gasteiger partial charge in [-0.2, -0.15) is 0 Å². The van der Waals surface area contributed by atoms with Crippen LogP contribution in [0.25, 0.3) is 0 Å². The second-order valence-electron chi connectivity index (χ2n) is 4.97. The van der Waals surface area contributed by atoms with Crippen LogP contribution in [-0.2, 0) is 10.0 Å². The van der Waals surface area contributed by atoms with E-state index in [2.05, 4.69) is 4.72 Å². The van der Waals surface area contributed by atoms with Crippen molar-refractivity contribution in [3.63, 3.8) is 0 Å². The number of benzene rings is 1. The lowest BCUT2D eigenvalue weighted by atomic mass is 10.1. The summed E-state index contributed by atoms with van der Waals surface area (Å²) in [5.74, 6) is -0.551. The van der Waals surface area contributed by atoms with E-state index in [0.717, 1.165) is 12.1 Å². The van der Waals surface area contributed by atoms with Gasteiger partial charge >= 0.3 is 0 Å². The van der Waals surface area contributed by atoms with Gasteiger partial charge in [-0.25, -0.2) is 17.5 Å². The highest BCUT2D eigenvalue weighted by atomic mass is 32.2. The van der Waals surface area contributed by atoms with Gasteiger partial charge in [-0.1, -0.05) is 6.92 Å². The molecular formula is C14H22FNO5S. The number of aliphatic hydroxyl groups is 1. The van der Waals surface area contributed by atoms with Crippen LogP contribution in [0.15, 0.2) is 17.0 Å². The number of hydrogen-bond acceptors (Lipinski definition) is 5. The van der Waals surface area contributed by atoms with E-state index in [9.17, 15) is 12.8 Å². The highest BCUT2D eigenvalue weighted by Crippen LogP contribution is 2.31. The number of nitrogens with one attached hydrogen (secondary N) is 1. The van der Waals surface area contributed by atoms with Crippen molar-refractivity contribution in [2.24, 2.45) is 5.92 Å². The zero-order valence-electron chi connectivity index (χ0n) is 12.9. The molecule has 0 aliphatic carbocycles. The maximum Gasteiger partial charge on any atom is 0.243 e. The van der Waals surface area contributed by atoms with E-state index in [-0.39, 0.29) is 30.6 Å². The lowest BCUT2D eigenvalue weighted by Gasteiger charge is -2.12. The summed E-state index contributed by atoms with van der Waals surface area (Å²) in [6, 6.07) is 2.06. The third kappa shape index (κ3) is 4.82. The Bertz CT molecular complexity index is 591. The van der Waals surface area contributed by atoms with Crippen LogP contribution >= 0.6 is 0 Å². The molecule has 0 aliphatic heterocycles. The Hall–Kier alpha value is -1.38. The van der Waals surface area contributed by atoms with E-state index >= 15 is 0 Å². The molecule has 2 N–H and O–H groups in total. The minimum atomic E-state index is -3.98. The first kappa shape index (κ1) is 18.7. The van der Waals surface area contributed by atoms with Crippen LogP contribution in [-0.4, -0.2) is 40.9 Å². The molecule has 8 heteroatoms. The molecule has 0 unspecified atom stereocenters. The number of aliphatic hydroxyl groups excluding tert-OH is 1. The quantitative estimate of drug-likeness (QED) is 0.669. The van der Waals surface area contributed by atoms with Gasteiger partial charge in [0, 0.05) is 25.3 Å². The van der Waals surface area contributed by atoms with Crippen molar-refractivity contribution in [2.45, 2.75) is 24.7 Å². The third-order valence-corrected chi connectivity index (χ3v) is 4.68. The molecule has 0 saturated carbocycles. The lowest BCUT2D eigenvalue weighted by Crippen LogP contribution is -2.26. The summed E-state index contributed by atoms with van der Waals surface area (Å²) in [6.07, 6.45) is 1.23. The van der Waals surface area contributed by atoms with Crippen LogP contribution in [0.5, 0.6) is 11.5 Å².